The van der Waals surface area contributed by atoms with E-state index in [-0.39, 0.29) is 0 Å². The molecule has 0 aromatic heterocycles. The second kappa shape index (κ2) is 2.26. The zero-order valence-corrected chi connectivity index (χ0v) is 3.57. The highest BCUT2D eigenvalue weighted by Crippen LogP contribution is 1.82. The third kappa shape index (κ3) is 4.01. The Labute approximate surface area is 29.6 Å². The lowest BCUT2D eigenvalue weighted by atomic mass is 11.8. The van der Waals surface area contributed by atoms with Gasteiger partial charge in [0.2, 0.25) is 0 Å². The van der Waals surface area contributed by atoms with Crippen LogP contribution >= 0.6 is 0 Å². The average Bonchev–Trinajstić information content (AvgIpc) is 1.38. The van der Waals surface area contributed by atoms with Gasteiger partial charge in [0.15, 0.2) is 0 Å². The van der Waals surface area contributed by atoms with Gasteiger partial charge in [-0.1, -0.05) is 0 Å². The Morgan fingerprint density at radius 2 is 1.60 bits per heavy atom. The second-order valence-corrected chi connectivity index (χ2v) is 1.64. The monoisotopic (exact) mass is 100.0 g/mol. The van der Waals surface area contributed by atoms with Crippen LogP contribution in [-0.4, -0.2) is 15.8 Å². The van der Waals surface area contributed by atoms with E-state index in [9.17, 15) is 12.6 Å². The molecule has 0 aliphatic rings. The van der Waals surface area contributed by atoms with Gasteiger partial charge in [0.1, 0.15) is 6.30 Å². The van der Waals surface area contributed by atoms with Crippen LogP contribution in [0.1, 0.15) is 0 Å². The minimum Gasteiger partial charge on any atom is -0.272 e. The van der Waals surface area contributed by atoms with Crippen LogP contribution in [0, 0.1) is 0 Å². The Bertz CT molecular complexity index is 20.9. The third-order valence-corrected chi connectivity index (χ3v) is 0.350. The molecule has 0 saturated heterocycles. The quantitative estimate of drug-likeness (QED) is 0.335. The summed E-state index contributed by atoms with van der Waals surface area (Å²) in [6.07, 6.45) is -1.39. The normalized spacial score (nSPS) is 9.60. The molecule has 4 heteroatoms. The van der Waals surface area contributed by atoms with Gasteiger partial charge in [-0.3, -0.25) is 8.22 Å². The number of alkyl halides is 1. The summed E-state index contributed by atoms with van der Waals surface area (Å²) in [5, 5.41) is 0. The molecule has 0 spiro atoms. The molecular weight excluding hydrogens is 97.1 g/mol. The largest absolute Gasteiger partial charge is 0.441 e. The van der Waals surface area contributed by atoms with E-state index in [1.807, 2.05) is 0 Å². The molecule has 0 unspecified atom stereocenters. The van der Waals surface area contributed by atoms with Crippen molar-refractivity contribution in [1.29, 1.82) is 0 Å². The van der Waals surface area contributed by atoms with Crippen LogP contribution in [0.25, 0.3) is 0 Å². The molecule has 0 nitrogen and oxygen atoms in total. The molecule has 0 radical (unpaired) electrons. The summed E-state index contributed by atoms with van der Waals surface area (Å²) in [5.41, 5.74) is 0. The first-order valence-corrected chi connectivity index (χ1v) is 2.80. The van der Waals surface area contributed by atoms with Gasteiger partial charge in [-0.05, 0) is 0 Å². The lowest BCUT2D eigenvalue weighted by molar-refractivity contribution is 0.518. The van der Waals surface area contributed by atoms with Crippen molar-refractivity contribution in [3.05, 3.63) is 0 Å². The maximum atomic E-state index is 10.5. The third-order valence-electron chi connectivity index (χ3n) is 0.117. The molecule has 0 fully saturated rings. The molecule has 0 atom stereocenters. The molecule has 0 N–H and O–H groups in total. The van der Waals surface area contributed by atoms with Crippen LogP contribution in [0.3, 0.4) is 0 Å². The fraction of sp³-hybridized carbons (Fsp3) is 1.00. The van der Waals surface area contributed by atoms with Gasteiger partial charge >= 0.3 is 9.46 Å². The van der Waals surface area contributed by atoms with Crippen molar-refractivity contribution < 1.29 is 12.6 Å². The van der Waals surface area contributed by atoms with Crippen LogP contribution in [0.15, 0.2) is 0 Å². The van der Waals surface area contributed by atoms with Gasteiger partial charge < -0.3 is 0 Å². The van der Waals surface area contributed by atoms with E-state index in [1.54, 1.807) is 0 Å². The lowest BCUT2D eigenvalue weighted by Crippen LogP contribution is -1.96. The van der Waals surface area contributed by atoms with Gasteiger partial charge in [-0.15, -0.1) is 0 Å². The highest BCUT2D eigenvalue weighted by atomic mass is 28.4. The standard InChI is InChI=1S/CH3F3Si/c2-1-5(3)4/h5H,1H2. The minimum absolute atomic E-state index is 1.39. The van der Waals surface area contributed by atoms with Crippen LogP contribution in [-0.2, 0) is 0 Å². The molecule has 5 heavy (non-hydrogen) atoms. The van der Waals surface area contributed by atoms with Crippen molar-refractivity contribution >= 4 is 9.46 Å². The lowest BCUT2D eigenvalue weighted by Gasteiger charge is -1.74. The van der Waals surface area contributed by atoms with E-state index in [0.29, 0.717) is 0 Å². The van der Waals surface area contributed by atoms with Crippen LogP contribution in [0.2, 0.25) is 0 Å². The fourth-order valence-corrected chi connectivity index (χ4v) is 0. The van der Waals surface area contributed by atoms with E-state index in [2.05, 4.69) is 0 Å². The molecule has 0 aliphatic heterocycles. The first-order chi connectivity index (χ1) is 2.27. The number of rotatable bonds is 1. The minimum atomic E-state index is -3.82. The number of hydrogen-bond donors (Lipinski definition) is 0. The molecule has 0 aromatic rings. The first-order valence-electron chi connectivity index (χ1n) is 1.11. The molecule has 0 rings (SSSR count). The molecule has 32 valence electrons. The van der Waals surface area contributed by atoms with E-state index in [1.165, 1.54) is 0 Å². The highest BCUT2D eigenvalue weighted by molar-refractivity contribution is 6.42. The van der Waals surface area contributed by atoms with E-state index in [0.717, 1.165) is 0 Å². The Morgan fingerprint density at radius 1 is 1.40 bits per heavy atom. The maximum Gasteiger partial charge on any atom is 0.441 e. The Morgan fingerprint density at radius 3 is 1.60 bits per heavy atom. The average molecular weight is 100 g/mol. The van der Waals surface area contributed by atoms with Crippen molar-refractivity contribution in [3.8, 4) is 0 Å². The number of halogens is 3. The Kier molecular flexibility index (Phi) is 2.26. The zero-order valence-electron chi connectivity index (χ0n) is 2.42. The maximum absolute atomic E-state index is 10.5. The summed E-state index contributed by atoms with van der Waals surface area (Å²) in [6, 6.07) is 0. The molecule has 0 bridgehead atoms. The second-order valence-electron chi connectivity index (χ2n) is 0.545. The Hall–Kier alpha value is 0.00688. The topological polar surface area (TPSA) is 0 Å². The summed E-state index contributed by atoms with van der Waals surface area (Å²) in [5.74, 6) is 0. The summed E-state index contributed by atoms with van der Waals surface area (Å²) in [6.45, 7) is 0. The zero-order chi connectivity index (χ0) is 4.28. The SMILES string of the molecule is FC[SiH](F)F. The summed E-state index contributed by atoms with van der Waals surface area (Å²) in [4.78, 5) is 0. The van der Waals surface area contributed by atoms with Gasteiger partial charge in [-0.25, -0.2) is 4.39 Å². The van der Waals surface area contributed by atoms with Crippen LogP contribution in [0.5, 0.6) is 0 Å². The molecule has 0 amide bonds. The molecule has 0 saturated carbocycles. The van der Waals surface area contributed by atoms with Gasteiger partial charge in [0, 0.05) is 0 Å². The van der Waals surface area contributed by atoms with Gasteiger partial charge in [-0.2, -0.15) is 0 Å². The summed E-state index contributed by atoms with van der Waals surface area (Å²) < 4.78 is 31.5. The molecule has 0 heterocycles. The fourth-order valence-electron chi connectivity index (χ4n) is 0. The van der Waals surface area contributed by atoms with Gasteiger partial charge in [0.05, 0.1) is 0 Å². The van der Waals surface area contributed by atoms with Crippen LogP contribution in [0.4, 0.5) is 12.6 Å². The van der Waals surface area contributed by atoms with Crippen molar-refractivity contribution in [2.75, 3.05) is 6.30 Å². The highest BCUT2D eigenvalue weighted by Gasteiger charge is 2.01. The van der Waals surface area contributed by atoms with E-state index in [4.69, 9.17) is 0 Å². The molecule has 0 aromatic carbocycles. The van der Waals surface area contributed by atoms with E-state index < -0.39 is 15.8 Å². The van der Waals surface area contributed by atoms with Crippen LogP contribution < -0.4 is 0 Å². The summed E-state index contributed by atoms with van der Waals surface area (Å²) >= 11 is 0. The smallest absolute Gasteiger partial charge is 0.272 e. The van der Waals surface area contributed by atoms with Gasteiger partial charge in [0.25, 0.3) is 0 Å². The Balaban J connectivity index is 2.54. The predicted molar refractivity (Wildman–Crippen MR) is 15.3 cm³/mol. The van der Waals surface area contributed by atoms with Crippen molar-refractivity contribution in [1.82, 2.24) is 0 Å². The van der Waals surface area contributed by atoms with Crippen molar-refractivity contribution in [2.24, 2.45) is 0 Å². The summed E-state index contributed by atoms with van der Waals surface area (Å²) in [7, 11) is -3.82. The van der Waals surface area contributed by atoms with Crippen molar-refractivity contribution in [2.45, 2.75) is 0 Å². The van der Waals surface area contributed by atoms with Crippen molar-refractivity contribution in [3.63, 3.8) is 0 Å². The van der Waals surface area contributed by atoms with E-state index >= 15 is 0 Å². The predicted octanol–water partition coefficient (Wildman–Crippen LogP) is 0.655. The first kappa shape index (κ1) is 5.01. The molecular formula is CH3F3Si. The number of hydrogen-bond acceptors (Lipinski definition) is 0. The molecule has 0 aliphatic carbocycles.